The van der Waals surface area contributed by atoms with Crippen molar-refractivity contribution in [1.29, 1.82) is 0 Å². The Bertz CT molecular complexity index is 525. The first-order valence-electron chi connectivity index (χ1n) is 7.35. The zero-order valence-corrected chi connectivity index (χ0v) is 12.9. The van der Waals surface area contributed by atoms with E-state index in [1.807, 2.05) is 6.92 Å². The SMILES string of the molecule is CC(CN1CCOCC1)NC(=O)c1cnn(C(C)C(=O)O)c1. The van der Waals surface area contributed by atoms with E-state index in [1.54, 1.807) is 0 Å². The van der Waals surface area contributed by atoms with Gasteiger partial charge >= 0.3 is 5.97 Å². The first kappa shape index (κ1) is 16.4. The van der Waals surface area contributed by atoms with Gasteiger partial charge in [-0.3, -0.25) is 14.4 Å². The molecule has 1 aliphatic heterocycles. The van der Waals surface area contributed by atoms with Gasteiger partial charge in [0.25, 0.3) is 5.91 Å². The summed E-state index contributed by atoms with van der Waals surface area (Å²) in [5.41, 5.74) is 0.363. The molecule has 0 spiro atoms. The summed E-state index contributed by atoms with van der Waals surface area (Å²) in [6.45, 7) is 7.40. The van der Waals surface area contributed by atoms with Crippen molar-refractivity contribution in [3.63, 3.8) is 0 Å². The van der Waals surface area contributed by atoms with Crippen LogP contribution in [0.3, 0.4) is 0 Å². The van der Waals surface area contributed by atoms with Crippen molar-refractivity contribution >= 4 is 11.9 Å². The lowest BCUT2D eigenvalue weighted by molar-refractivity contribution is -0.140. The van der Waals surface area contributed by atoms with Crippen LogP contribution in [0.1, 0.15) is 30.2 Å². The minimum Gasteiger partial charge on any atom is -0.480 e. The summed E-state index contributed by atoms with van der Waals surface area (Å²) in [5, 5.41) is 15.8. The van der Waals surface area contributed by atoms with E-state index in [-0.39, 0.29) is 11.9 Å². The molecule has 8 heteroatoms. The Labute approximate surface area is 129 Å². The number of morpholine rings is 1. The maximum Gasteiger partial charge on any atom is 0.328 e. The molecule has 22 heavy (non-hydrogen) atoms. The van der Waals surface area contributed by atoms with Crippen LogP contribution in [0, 0.1) is 0 Å². The van der Waals surface area contributed by atoms with Crippen LogP contribution in [0.5, 0.6) is 0 Å². The molecule has 1 aromatic heterocycles. The van der Waals surface area contributed by atoms with Gasteiger partial charge in [0.1, 0.15) is 6.04 Å². The highest BCUT2D eigenvalue weighted by Gasteiger charge is 2.19. The third-order valence-electron chi connectivity index (χ3n) is 3.63. The summed E-state index contributed by atoms with van der Waals surface area (Å²) < 4.78 is 6.56. The van der Waals surface area contributed by atoms with Crippen molar-refractivity contribution in [1.82, 2.24) is 20.0 Å². The monoisotopic (exact) mass is 310 g/mol. The Morgan fingerprint density at radius 3 is 2.73 bits per heavy atom. The molecule has 122 valence electrons. The maximum atomic E-state index is 12.1. The van der Waals surface area contributed by atoms with Gasteiger partial charge in [-0.2, -0.15) is 5.10 Å². The number of nitrogens with one attached hydrogen (secondary N) is 1. The number of carboxylic acids is 1. The van der Waals surface area contributed by atoms with E-state index in [9.17, 15) is 9.59 Å². The number of amides is 1. The van der Waals surface area contributed by atoms with Crippen LogP contribution in [-0.2, 0) is 9.53 Å². The molecule has 1 amide bonds. The number of ether oxygens (including phenoxy) is 1. The highest BCUT2D eigenvalue weighted by atomic mass is 16.5. The van der Waals surface area contributed by atoms with Crippen LogP contribution < -0.4 is 5.32 Å². The Kier molecular flexibility index (Phi) is 5.51. The molecule has 2 atom stereocenters. The minimum atomic E-state index is -0.990. The van der Waals surface area contributed by atoms with E-state index < -0.39 is 12.0 Å². The normalized spacial score (nSPS) is 18.6. The molecule has 8 nitrogen and oxygen atoms in total. The number of carboxylic acid groups (broad SMARTS) is 1. The highest BCUT2D eigenvalue weighted by Crippen LogP contribution is 2.07. The molecule has 2 unspecified atom stereocenters. The van der Waals surface area contributed by atoms with Crippen LogP contribution in [0.25, 0.3) is 0 Å². The summed E-state index contributed by atoms with van der Waals surface area (Å²) in [6.07, 6.45) is 2.84. The largest absolute Gasteiger partial charge is 0.480 e. The summed E-state index contributed by atoms with van der Waals surface area (Å²) in [5.74, 6) is -1.24. The van der Waals surface area contributed by atoms with Crippen molar-refractivity contribution in [2.75, 3.05) is 32.8 Å². The van der Waals surface area contributed by atoms with Crippen LogP contribution in [-0.4, -0.2) is 70.6 Å². The van der Waals surface area contributed by atoms with E-state index >= 15 is 0 Å². The number of hydrogen-bond donors (Lipinski definition) is 2. The molecule has 2 heterocycles. The van der Waals surface area contributed by atoms with E-state index in [0.717, 1.165) is 32.8 Å². The van der Waals surface area contributed by atoms with Gasteiger partial charge in [0.2, 0.25) is 0 Å². The summed E-state index contributed by atoms with van der Waals surface area (Å²) in [7, 11) is 0. The fourth-order valence-electron chi connectivity index (χ4n) is 2.30. The number of carbonyl (C=O) groups is 2. The quantitative estimate of drug-likeness (QED) is 0.766. The van der Waals surface area contributed by atoms with Crippen molar-refractivity contribution in [3.05, 3.63) is 18.0 Å². The lowest BCUT2D eigenvalue weighted by atomic mass is 10.2. The fraction of sp³-hybridized carbons (Fsp3) is 0.643. The number of nitrogens with zero attached hydrogens (tertiary/aromatic N) is 3. The van der Waals surface area contributed by atoms with Crippen LogP contribution >= 0.6 is 0 Å². The molecular weight excluding hydrogens is 288 g/mol. The van der Waals surface area contributed by atoms with Gasteiger partial charge in [-0.05, 0) is 13.8 Å². The molecule has 0 radical (unpaired) electrons. The van der Waals surface area contributed by atoms with Crippen molar-refractivity contribution in [2.45, 2.75) is 25.9 Å². The molecular formula is C14H22N4O4. The first-order chi connectivity index (χ1) is 10.5. The molecule has 2 N–H and O–H groups in total. The van der Waals surface area contributed by atoms with Gasteiger partial charge in [0, 0.05) is 31.9 Å². The number of aromatic nitrogens is 2. The van der Waals surface area contributed by atoms with Gasteiger partial charge in [-0.25, -0.2) is 4.79 Å². The topological polar surface area (TPSA) is 96.7 Å². The highest BCUT2D eigenvalue weighted by molar-refractivity contribution is 5.94. The molecule has 0 saturated carbocycles. The second kappa shape index (κ2) is 7.37. The van der Waals surface area contributed by atoms with E-state index in [2.05, 4.69) is 15.3 Å². The van der Waals surface area contributed by atoms with Crippen LogP contribution in [0.4, 0.5) is 0 Å². The van der Waals surface area contributed by atoms with Gasteiger partial charge in [0.15, 0.2) is 0 Å². The van der Waals surface area contributed by atoms with E-state index in [0.29, 0.717) is 5.56 Å². The predicted molar refractivity (Wildman–Crippen MR) is 78.8 cm³/mol. The fourth-order valence-corrected chi connectivity index (χ4v) is 2.30. The number of carbonyl (C=O) groups excluding carboxylic acids is 1. The van der Waals surface area contributed by atoms with Crippen LogP contribution in [0.15, 0.2) is 12.4 Å². The number of rotatable bonds is 6. The van der Waals surface area contributed by atoms with E-state index in [4.69, 9.17) is 9.84 Å². The van der Waals surface area contributed by atoms with Gasteiger partial charge in [-0.1, -0.05) is 0 Å². The van der Waals surface area contributed by atoms with Crippen LogP contribution in [0.2, 0.25) is 0 Å². The zero-order valence-electron chi connectivity index (χ0n) is 12.9. The van der Waals surface area contributed by atoms with Gasteiger partial charge < -0.3 is 15.2 Å². The summed E-state index contributed by atoms with van der Waals surface area (Å²) in [4.78, 5) is 25.3. The smallest absolute Gasteiger partial charge is 0.328 e. The van der Waals surface area contributed by atoms with Crippen molar-refractivity contribution in [3.8, 4) is 0 Å². The Morgan fingerprint density at radius 2 is 2.09 bits per heavy atom. The first-order valence-corrected chi connectivity index (χ1v) is 7.35. The molecule has 1 saturated heterocycles. The number of hydrogen-bond acceptors (Lipinski definition) is 5. The zero-order chi connectivity index (χ0) is 16.1. The minimum absolute atomic E-state index is 0.00847. The third kappa shape index (κ3) is 4.28. The second-order valence-corrected chi connectivity index (χ2v) is 5.51. The standard InChI is InChI=1S/C14H22N4O4/c1-10(8-17-3-5-22-6-4-17)16-13(19)12-7-15-18(9-12)11(2)14(20)21/h7,9-11H,3-6,8H2,1-2H3,(H,16,19)(H,20,21). The lowest BCUT2D eigenvalue weighted by Gasteiger charge is -2.29. The third-order valence-corrected chi connectivity index (χ3v) is 3.63. The second-order valence-electron chi connectivity index (χ2n) is 5.51. The molecule has 2 rings (SSSR count). The molecule has 1 aliphatic rings. The maximum absolute atomic E-state index is 12.1. The van der Waals surface area contributed by atoms with Crippen molar-refractivity contribution < 1.29 is 19.4 Å². The lowest BCUT2D eigenvalue weighted by Crippen LogP contribution is -2.45. The molecule has 0 aromatic carbocycles. The van der Waals surface area contributed by atoms with E-state index in [1.165, 1.54) is 24.0 Å². The summed E-state index contributed by atoms with van der Waals surface area (Å²) in [6, 6.07) is -0.807. The van der Waals surface area contributed by atoms with Gasteiger partial charge in [-0.15, -0.1) is 0 Å². The van der Waals surface area contributed by atoms with Crippen molar-refractivity contribution in [2.24, 2.45) is 0 Å². The predicted octanol–water partition coefficient (Wildman–Crippen LogP) is -0.0208. The average Bonchev–Trinajstić information content (AvgIpc) is 2.97. The van der Waals surface area contributed by atoms with Gasteiger partial charge in [0.05, 0.1) is 25.0 Å². The average molecular weight is 310 g/mol. The Hall–Kier alpha value is -1.93. The Balaban J connectivity index is 1.87. The summed E-state index contributed by atoms with van der Waals surface area (Å²) >= 11 is 0. The molecule has 1 aromatic rings. The number of aliphatic carboxylic acids is 1. The molecule has 0 aliphatic carbocycles. The molecule has 0 bridgehead atoms. The Morgan fingerprint density at radius 1 is 1.41 bits per heavy atom. The molecule has 1 fully saturated rings.